The number of hydrogen-bond donors (Lipinski definition) is 0. The molecule has 0 aliphatic rings. The highest BCUT2D eigenvalue weighted by Gasteiger charge is 2.20. The van der Waals surface area contributed by atoms with Crippen LogP contribution in [-0.4, -0.2) is 86.4 Å². The molecule has 0 heterocycles. The molecule has 0 aromatic carbocycles. The van der Waals surface area contributed by atoms with Gasteiger partial charge in [-0.05, 0) is 84.1 Å². The van der Waals surface area contributed by atoms with E-state index in [0.29, 0.717) is 38.8 Å². The summed E-state index contributed by atoms with van der Waals surface area (Å²) < 4.78 is 28.3. The maximum absolute atomic E-state index is 12.9. The monoisotopic (exact) mass is 910 g/mol. The van der Waals surface area contributed by atoms with Gasteiger partial charge in [-0.2, -0.15) is 0 Å². The Morgan fingerprint density at radius 3 is 1.08 bits per heavy atom. The Morgan fingerprint density at radius 2 is 0.703 bits per heavy atom. The van der Waals surface area contributed by atoms with Crippen molar-refractivity contribution in [1.82, 2.24) is 4.90 Å². The topological polar surface area (TPSA) is 135 Å². The van der Waals surface area contributed by atoms with E-state index in [2.05, 4.69) is 27.7 Å². The van der Waals surface area contributed by atoms with Gasteiger partial charge in [-0.1, -0.05) is 150 Å². The molecule has 11 nitrogen and oxygen atoms in total. The van der Waals surface area contributed by atoms with Crippen LogP contribution in [0.2, 0.25) is 0 Å². The van der Waals surface area contributed by atoms with Crippen LogP contribution in [0.5, 0.6) is 0 Å². The zero-order chi connectivity index (χ0) is 47.3. The number of esters is 5. The van der Waals surface area contributed by atoms with Crippen LogP contribution in [0.1, 0.15) is 259 Å². The molecule has 0 aromatic rings. The van der Waals surface area contributed by atoms with E-state index in [0.717, 1.165) is 89.9 Å². The fraction of sp³-hybridized carbons (Fsp3) is 0.906. The summed E-state index contributed by atoms with van der Waals surface area (Å²) in [6.07, 6.45) is 33.3. The van der Waals surface area contributed by atoms with E-state index < -0.39 is 6.10 Å². The van der Waals surface area contributed by atoms with Crippen LogP contribution >= 0.6 is 0 Å². The fourth-order valence-electron chi connectivity index (χ4n) is 7.93. The SMILES string of the molecule is CCCCCCCCC(CCCCCC)OC(=O)CCCCCCC(=O)OC(COC(=O)CCCCCCC(=O)OC(CCCCCC)CCCCCCC)CN(C)CCOC(C)=O. The van der Waals surface area contributed by atoms with Crippen molar-refractivity contribution in [2.24, 2.45) is 0 Å². The van der Waals surface area contributed by atoms with Crippen molar-refractivity contribution >= 4 is 29.8 Å². The standard InChI is InChI=1S/C53H99NO10/c1-7-11-15-19-21-29-37-48(35-27-18-14-10-4)63-52(58)40-32-24-25-33-41-53(59)64-49(44-54(6)42-43-60-46(5)55)45-61-50(56)38-30-22-23-31-39-51(57)62-47(34-26-17-13-9-3)36-28-20-16-12-8-2/h47-49H,7-45H2,1-6H3. The molecule has 0 bridgehead atoms. The second-order valence-corrected chi connectivity index (χ2v) is 18.4. The zero-order valence-electron chi connectivity index (χ0n) is 42.3. The molecule has 0 aliphatic carbocycles. The molecule has 0 spiro atoms. The lowest BCUT2D eigenvalue weighted by Gasteiger charge is -2.24. The Kier molecular flexibility index (Phi) is 43.6. The van der Waals surface area contributed by atoms with Gasteiger partial charge in [0, 0.05) is 45.7 Å². The molecule has 0 saturated carbocycles. The van der Waals surface area contributed by atoms with Crippen LogP contribution in [0.15, 0.2) is 0 Å². The van der Waals surface area contributed by atoms with Gasteiger partial charge in [0.05, 0.1) is 0 Å². The number of likely N-dealkylation sites (N-methyl/N-ethyl adjacent to an activating group) is 1. The van der Waals surface area contributed by atoms with Gasteiger partial charge < -0.3 is 23.7 Å². The third kappa shape index (κ3) is 42.0. The molecule has 3 unspecified atom stereocenters. The predicted octanol–water partition coefficient (Wildman–Crippen LogP) is 13.5. The molecule has 0 radical (unpaired) electrons. The number of hydrogen-bond acceptors (Lipinski definition) is 11. The Morgan fingerprint density at radius 1 is 0.391 bits per heavy atom. The molecule has 3 atom stereocenters. The van der Waals surface area contributed by atoms with Crippen LogP contribution in [0.3, 0.4) is 0 Å². The molecule has 0 rings (SSSR count). The van der Waals surface area contributed by atoms with Crippen molar-refractivity contribution in [3.05, 3.63) is 0 Å². The van der Waals surface area contributed by atoms with Crippen molar-refractivity contribution in [2.75, 3.05) is 33.4 Å². The fourth-order valence-corrected chi connectivity index (χ4v) is 7.93. The van der Waals surface area contributed by atoms with Crippen molar-refractivity contribution in [2.45, 2.75) is 278 Å². The summed E-state index contributed by atoms with van der Waals surface area (Å²) in [6, 6.07) is 0. The summed E-state index contributed by atoms with van der Waals surface area (Å²) in [5.74, 6) is -1.30. The molecule has 0 fully saturated rings. The Balaban J connectivity index is 4.68. The van der Waals surface area contributed by atoms with Crippen LogP contribution < -0.4 is 0 Å². The minimum absolute atomic E-state index is 0.0181. The first kappa shape index (κ1) is 61.3. The quantitative estimate of drug-likeness (QED) is 0.0328. The van der Waals surface area contributed by atoms with Crippen molar-refractivity contribution in [3.63, 3.8) is 0 Å². The maximum Gasteiger partial charge on any atom is 0.306 e. The van der Waals surface area contributed by atoms with E-state index in [1.807, 2.05) is 11.9 Å². The molecule has 376 valence electrons. The van der Waals surface area contributed by atoms with Gasteiger partial charge in [0.2, 0.25) is 0 Å². The van der Waals surface area contributed by atoms with E-state index in [1.165, 1.54) is 103 Å². The summed E-state index contributed by atoms with van der Waals surface area (Å²) in [6.45, 7) is 11.1. The average Bonchev–Trinajstić information content (AvgIpc) is 3.26. The van der Waals surface area contributed by atoms with Gasteiger partial charge in [0.15, 0.2) is 0 Å². The largest absolute Gasteiger partial charge is 0.465 e. The normalized spacial score (nSPS) is 12.7. The summed E-state index contributed by atoms with van der Waals surface area (Å²) in [4.78, 5) is 64.1. The lowest BCUT2D eigenvalue weighted by Crippen LogP contribution is -2.38. The van der Waals surface area contributed by atoms with Crippen molar-refractivity contribution in [1.29, 1.82) is 0 Å². The van der Waals surface area contributed by atoms with Crippen molar-refractivity contribution < 1.29 is 47.7 Å². The van der Waals surface area contributed by atoms with Crippen LogP contribution in [0.4, 0.5) is 0 Å². The minimum atomic E-state index is -0.669. The maximum atomic E-state index is 12.9. The first-order chi connectivity index (χ1) is 31.0. The molecular formula is C53H99NO10. The smallest absolute Gasteiger partial charge is 0.306 e. The molecule has 0 aliphatic heterocycles. The van der Waals surface area contributed by atoms with Crippen LogP contribution in [0.25, 0.3) is 0 Å². The van der Waals surface area contributed by atoms with Gasteiger partial charge in [-0.25, -0.2) is 0 Å². The number of carbonyl (C=O) groups is 5. The van der Waals surface area contributed by atoms with Crippen molar-refractivity contribution in [3.8, 4) is 0 Å². The van der Waals surface area contributed by atoms with E-state index in [4.69, 9.17) is 23.7 Å². The molecule has 64 heavy (non-hydrogen) atoms. The number of ether oxygens (including phenoxy) is 5. The van der Waals surface area contributed by atoms with Gasteiger partial charge in [0.25, 0.3) is 0 Å². The zero-order valence-corrected chi connectivity index (χ0v) is 42.3. The predicted molar refractivity (Wildman–Crippen MR) is 259 cm³/mol. The molecule has 11 heteroatoms. The first-order valence-electron chi connectivity index (χ1n) is 26.6. The van der Waals surface area contributed by atoms with Crippen LogP contribution in [-0.2, 0) is 47.7 Å². The number of nitrogens with zero attached hydrogens (tertiary/aromatic N) is 1. The number of unbranched alkanes of at least 4 members (excludes halogenated alkanes) is 21. The summed E-state index contributed by atoms with van der Waals surface area (Å²) in [5.41, 5.74) is 0. The minimum Gasteiger partial charge on any atom is -0.465 e. The lowest BCUT2D eigenvalue weighted by atomic mass is 10.0. The summed E-state index contributed by atoms with van der Waals surface area (Å²) in [5, 5.41) is 0. The highest BCUT2D eigenvalue weighted by Crippen LogP contribution is 2.20. The number of rotatable bonds is 47. The Labute approximate surface area is 392 Å². The second-order valence-electron chi connectivity index (χ2n) is 18.4. The van der Waals surface area contributed by atoms with Gasteiger partial charge in [-0.15, -0.1) is 0 Å². The third-order valence-electron chi connectivity index (χ3n) is 11.9. The second kappa shape index (κ2) is 45.5. The Bertz CT molecular complexity index is 1130. The molecule has 0 amide bonds. The molecular weight excluding hydrogens is 811 g/mol. The van der Waals surface area contributed by atoms with E-state index in [1.54, 1.807) is 0 Å². The highest BCUT2D eigenvalue weighted by atomic mass is 16.6. The van der Waals surface area contributed by atoms with E-state index in [-0.39, 0.29) is 68.1 Å². The molecule has 0 aromatic heterocycles. The first-order valence-corrected chi connectivity index (χ1v) is 26.6. The Hall–Kier alpha value is -2.69. The third-order valence-corrected chi connectivity index (χ3v) is 11.9. The van der Waals surface area contributed by atoms with Crippen LogP contribution in [0, 0.1) is 0 Å². The highest BCUT2D eigenvalue weighted by molar-refractivity contribution is 5.71. The summed E-state index contributed by atoms with van der Waals surface area (Å²) in [7, 11) is 1.83. The average molecular weight is 910 g/mol. The molecule has 0 N–H and O–H groups in total. The number of carbonyl (C=O) groups excluding carboxylic acids is 5. The summed E-state index contributed by atoms with van der Waals surface area (Å²) >= 11 is 0. The van der Waals surface area contributed by atoms with Gasteiger partial charge >= 0.3 is 29.8 Å². The van der Waals surface area contributed by atoms with E-state index in [9.17, 15) is 24.0 Å². The van der Waals surface area contributed by atoms with Gasteiger partial charge in [-0.3, -0.25) is 28.9 Å². The van der Waals surface area contributed by atoms with E-state index >= 15 is 0 Å². The van der Waals surface area contributed by atoms with Gasteiger partial charge in [0.1, 0.15) is 31.5 Å². The lowest BCUT2D eigenvalue weighted by molar-refractivity contribution is -0.160. The molecule has 0 saturated heterocycles.